The van der Waals surface area contributed by atoms with Crippen LogP contribution in [0.5, 0.6) is 0 Å². The van der Waals surface area contributed by atoms with Gasteiger partial charge in [-0.15, -0.1) is 0 Å². The number of rotatable bonds is 6. The molecule has 5 heteroatoms. The molecule has 0 N–H and O–H groups in total. The minimum Gasteiger partial charge on any atom is -0.461 e. The largest absolute Gasteiger partial charge is 0.461 e. The van der Waals surface area contributed by atoms with E-state index in [1.807, 2.05) is 62.5 Å². The van der Waals surface area contributed by atoms with Crippen LogP contribution in [0.4, 0.5) is 5.69 Å². The monoisotopic (exact) mass is 406 g/mol. The molecule has 29 heavy (non-hydrogen) atoms. The lowest BCUT2D eigenvalue weighted by molar-refractivity contribution is 0.0516. The van der Waals surface area contributed by atoms with E-state index in [4.69, 9.17) is 22.9 Å². The number of carbonyl (C=O) groups is 1. The van der Waals surface area contributed by atoms with Gasteiger partial charge in [-0.05, 0) is 48.6 Å². The maximum atomic E-state index is 12.6. The molecule has 0 aliphatic rings. The van der Waals surface area contributed by atoms with Crippen LogP contribution >= 0.6 is 11.6 Å². The predicted molar refractivity (Wildman–Crippen MR) is 117 cm³/mol. The van der Waals surface area contributed by atoms with Crippen LogP contribution in [-0.2, 0) is 24.6 Å². The van der Waals surface area contributed by atoms with Crippen molar-refractivity contribution in [1.82, 2.24) is 4.57 Å². The third-order valence-electron chi connectivity index (χ3n) is 4.94. The number of carbonyl (C=O) groups excluding carboxylic acids is 1. The molecular weight excluding hydrogens is 384 g/mol. The van der Waals surface area contributed by atoms with Crippen LogP contribution in [-0.4, -0.2) is 17.1 Å². The molecular formula is C24H23ClN2O2. The lowest BCUT2D eigenvalue weighted by atomic mass is 9.99. The maximum Gasteiger partial charge on any atom is 0.354 e. The van der Waals surface area contributed by atoms with Crippen molar-refractivity contribution >= 4 is 23.3 Å². The quantitative estimate of drug-likeness (QED) is 0.359. The van der Waals surface area contributed by atoms with Crippen LogP contribution in [0.25, 0.3) is 16.0 Å². The van der Waals surface area contributed by atoms with Crippen LogP contribution in [0.3, 0.4) is 0 Å². The number of benzene rings is 2. The van der Waals surface area contributed by atoms with Crippen molar-refractivity contribution in [3.05, 3.63) is 87.5 Å². The van der Waals surface area contributed by atoms with Gasteiger partial charge in [0.05, 0.1) is 13.2 Å². The Bertz CT molecular complexity index is 1080. The molecule has 148 valence electrons. The molecule has 0 radical (unpaired) electrons. The molecule has 0 aliphatic carbocycles. The highest BCUT2D eigenvalue weighted by Crippen LogP contribution is 2.39. The Balaban J connectivity index is 2.03. The Morgan fingerprint density at radius 1 is 1.14 bits per heavy atom. The summed E-state index contributed by atoms with van der Waals surface area (Å²) in [4.78, 5) is 16.4. The van der Waals surface area contributed by atoms with E-state index in [-0.39, 0.29) is 6.61 Å². The first-order chi connectivity index (χ1) is 14.0. The second-order valence-corrected chi connectivity index (χ2v) is 7.20. The van der Waals surface area contributed by atoms with E-state index >= 15 is 0 Å². The zero-order chi connectivity index (χ0) is 21.0. The number of halogens is 1. The van der Waals surface area contributed by atoms with E-state index in [1.54, 1.807) is 11.5 Å². The average Bonchev–Trinajstić information content (AvgIpc) is 3.00. The van der Waals surface area contributed by atoms with Crippen molar-refractivity contribution in [3.8, 4) is 11.1 Å². The maximum absolute atomic E-state index is 12.6. The number of nitrogens with zero attached hydrogens (tertiary/aromatic N) is 2. The predicted octanol–water partition coefficient (Wildman–Crippen LogP) is 6.23. The van der Waals surface area contributed by atoms with Crippen molar-refractivity contribution in [2.24, 2.45) is 7.05 Å². The van der Waals surface area contributed by atoms with Gasteiger partial charge >= 0.3 is 5.97 Å². The van der Waals surface area contributed by atoms with Crippen molar-refractivity contribution in [2.45, 2.75) is 26.7 Å². The van der Waals surface area contributed by atoms with E-state index < -0.39 is 5.97 Å². The third kappa shape index (κ3) is 4.21. The Morgan fingerprint density at radius 3 is 2.45 bits per heavy atom. The van der Waals surface area contributed by atoms with Crippen LogP contribution in [0.2, 0.25) is 5.02 Å². The minimum atomic E-state index is -0.405. The molecule has 0 spiro atoms. The second kappa shape index (κ2) is 8.98. The molecule has 0 saturated heterocycles. The van der Waals surface area contributed by atoms with Gasteiger partial charge in [-0.3, -0.25) is 0 Å². The van der Waals surface area contributed by atoms with Crippen molar-refractivity contribution in [1.29, 1.82) is 0 Å². The summed E-state index contributed by atoms with van der Waals surface area (Å²) in [5.41, 5.74) is 5.52. The van der Waals surface area contributed by atoms with Crippen molar-refractivity contribution in [2.75, 3.05) is 6.61 Å². The van der Waals surface area contributed by atoms with E-state index in [9.17, 15) is 4.79 Å². The minimum absolute atomic E-state index is 0.289. The Hall–Kier alpha value is -3.03. The standard InChI is InChI=1S/C24H23ClN2O2/c1-5-20-22(26-3)21(23(27(20)4)24(28)29-6-2)18-12-10-16(11-13-18)14-17-8-7-9-19(25)15-17/h7-13,15H,5-6,14H2,1-2,4H3. The Labute approximate surface area is 176 Å². The molecule has 0 atom stereocenters. The van der Waals surface area contributed by atoms with Gasteiger partial charge < -0.3 is 9.30 Å². The first-order valence-corrected chi connectivity index (χ1v) is 9.97. The summed E-state index contributed by atoms with van der Waals surface area (Å²) in [5.74, 6) is -0.405. The van der Waals surface area contributed by atoms with Crippen molar-refractivity contribution in [3.63, 3.8) is 0 Å². The van der Waals surface area contributed by atoms with E-state index in [1.165, 1.54) is 0 Å². The molecule has 0 bridgehead atoms. The van der Waals surface area contributed by atoms with Gasteiger partial charge in [0.15, 0.2) is 0 Å². The highest BCUT2D eigenvalue weighted by Gasteiger charge is 2.26. The van der Waals surface area contributed by atoms with Crippen LogP contribution in [0, 0.1) is 6.57 Å². The molecule has 0 aliphatic heterocycles. The number of ether oxygens (including phenoxy) is 1. The molecule has 3 aromatic rings. The second-order valence-electron chi connectivity index (χ2n) is 6.77. The molecule has 0 saturated carbocycles. The molecule has 2 aromatic carbocycles. The number of aromatic nitrogens is 1. The first kappa shape index (κ1) is 20.7. The fourth-order valence-electron chi connectivity index (χ4n) is 3.63. The topological polar surface area (TPSA) is 35.6 Å². The molecule has 4 nitrogen and oxygen atoms in total. The van der Waals surface area contributed by atoms with Gasteiger partial charge in [0.1, 0.15) is 5.69 Å². The molecule has 0 unspecified atom stereocenters. The summed E-state index contributed by atoms with van der Waals surface area (Å²) in [7, 11) is 1.82. The lowest BCUT2D eigenvalue weighted by Crippen LogP contribution is -2.12. The van der Waals surface area contributed by atoms with E-state index in [0.29, 0.717) is 23.4 Å². The molecule has 0 fully saturated rings. The summed E-state index contributed by atoms with van der Waals surface area (Å²) >= 11 is 6.08. The van der Waals surface area contributed by atoms with Gasteiger partial charge in [-0.25, -0.2) is 9.64 Å². The molecule has 3 rings (SSSR count). The fourth-order valence-corrected chi connectivity index (χ4v) is 3.84. The average molecular weight is 407 g/mol. The summed E-state index contributed by atoms with van der Waals surface area (Å²) in [6.07, 6.45) is 1.42. The van der Waals surface area contributed by atoms with Gasteiger partial charge in [0, 0.05) is 23.3 Å². The van der Waals surface area contributed by atoms with Gasteiger partial charge in [-0.2, -0.15) is 0 Å². The zero-order valence-electron chi connectivity index (χ0n) is 16.8. The van der Waals surface area contributed by atoms with Gasteiger partial charge in [0.25, 0.3) is 0 Å². The molecule has 1 heterocycles. The Kier molecular flexibility index (Phi) is 6.41. The number of esters is 1. The number of hydrogen-bond donors (Lipinski definition) is 0. The van der Waals surface area contributed by atoms with Crippen molar-refractivity contribution < 1.29 is 9.53 Å². The van der Waals surface area contributed by atoms with Crippen LogP contribution in [0.1, 0.15) is 41.2 Å². The zero-order valence-corrected chi connectivity index (χ0v) is 17.6. The summed E-state index contributed by atoms with van der Waals surface area (Å²) in [6, 6.07) is 15.8. The Morgan fingerprint density at radius 2 is 1.86 bits per heavy atom. The molecule has 0 amide bonds. The first-order valence-electron chi connectivity index (χ1n) is 9.60. The summed E-state index contributed by atoms with van der Waals surface area (Å²) in [6.45, 7) is 11.7. The molecule has 1 aromatic heterocycles. The van der Waals surface area contributed by atoms with Gasteiger partial charge in [0.2, 0.25) is 5.69 Å². The summed E-state index contributed by atoms with van der Waals surface area (Å²) in [5, 5.41) is 0.719. The normalized spacial score (nSPS) is 10.6. The SMILES string of the molecule is [C-]#[N+]c1c(-c2ccc(Cc3cccc(Cl)c3)cc2)c(C(=O)OCC)n(C)c1CC. The van der Waals surface area contributed by atoms with E-state index in [2.05, 4.69) is 4.85 Å². The third-order valence-corrected chi connectivity index (χ3v) is 5.18. The smallest absolute Gasteiger partial charge is 0.354 e. The van der Waals surface area contributed by atoms with Gasteiger partial charge in [-0.1, -0.05) is 54.9 Å². The highest BCUT2D eigenvalue weighted by molar-refractivity contribution is 6.30. The van der Waals surface area contributed by atoms with E-state index in [0.717, 1.165) is 33.8 Å². The lowest BCUT2D eigenvalue weighted by Gasteiger charge is -2.09. The number of hydrogen-bond acceptors (Lipinski definition) is 2. The van der Waals surface area contributed by atoms with Crippen LogP contribution < -0.4 is 0 Å². The highest BCUT2D eigenvalue weighted by atomic mass is 35.5. The van der Waals surface area contributed by atoms with Crippen LogP contribution in [0.15, 0.2) is 48.5 Å². The summed E-state index contributed by atoms with van der Waals surface area (Å²) < 4.78 is 7.06. The fraction of sp³-hybridized carbons (Fsp3) is 0.250.